The van der Waals surface area contributed by atoms with Crippen LogP contribution in [0, 0.1) is 0 Å². The van der Waals surface area contributed by atoms with Gasteiger partial charge in [0, 0.05) is 46.5 Å². The van der Waals surface area contributed by atoms with E-state index in [0.29, 0.717) is 26.1 Å². The average molecular weight is 405 g/mol. The number of amides is 2. The maximum Gasteiger partial charge on any atom is 0.420 e. The molecule has 1 heterocycles. The van der Waals surface area contributed by atoms with Gasteiger partial charge in [0.1, 0.15) is 5.03 Å². The minimum atomic E-state index is -0.744. The van der Waals surface area contributed by atoms with E-state index in [1.54, 1.807) is 20.4 Å². The number of rotatable bonds is 12. The van der Waals surface area contributed by atoms with E-state index in [1.807, 2.05) is 18.2 Å². The Bertz CT molecular complexity index is 497. The van der Waals surface area contributed by atoms with Crippen molar-refractivity contribution in [2.45, 2.75) is 17.9 Å². The molecular weight excluding hydrogens is 380 g/mol. The summed E-state index contributed by atoms with van der Waals surface area (Å²) >= 11 is 0. The van der Waals surface area contributed by atoms with Crippen molar-refractivity contribution in [1.82, 2.24) is 9.88 Å². The predicted octanol–water partition coefficient (Wildman–Crippen LogP) is 3.43. The van der Waals surface area contributed by atoms with Gasteiger partial charge in [-0.1, -0.05) is 16.9 Å². The normalized spacial score (nSPS) is 10.4. The number of methoxy groups -OCH3 is 2. The number of imide groups is 1. The van der Waals surface area contributed by atoms with Crippen LogP contribution in [0.25, 0.3) is 0 Å². The molecule has 0 saturated carbocycles. The lowest BCUT2D eigenvalue weighted by Crippen LogP contribution is -2.37. The smallest absolute Gasteiger partial charge is 0.420 e. The highest BCUT2D eigenvalue weighted by atomic mass is 33.1. The number of pyridine rings is 1. The summed E-state index contributed by atoms with van der Waals surface area (Å²) in [5.41, 5.74) is 0. The van der Waals surface area contributed by atoms with Crippen LogP contribution in [-0.4, -0.2) is 68.6 Å². The summed E-state index contributed by atoms with van der Waals surface area (Å²) in [6, 6.07) is 5.52. The molecule has 2 amide bonds. The molecule has 1 aromatic heterocycles. The van der Waals surface area contributed by atoms with Crippen LogP contribution < -0.4 is 0 Å². The third kappa shape index (κ3) is 9.85. The van der Waals surface area contributed by atoms with Gasteiger partial charge in [-0.05, 0) is 22.9 Å². The van der Waals surface area contributed by atoms with E-state index in [9.17, 15) is 9.59 Å². The Morgan fingerprint density at radius 1 is 1.00 bits per heavy atom. The summed E-state index contributed by atoms with van der Waals surface area (Å²) in [6.45, 7) is 1.27. The van der Waals surface area contributed by atoms with Crippen LogP contribution >= 0.6 is 21.6 Å². The predicted molar refractivity (Wildman–Crippen MR) is 100 cm³/mol. The van der Waals surface area contributed by atoms with Crippen molar-refractivity contribution in [2.75, 3.05) is 46.5 Å². The molecule has 0 saturated heterocycles. The van der Waals surface area contributed by atoms with Gasteiger partial charge in [-0.2, -0.15) is 0 Å². The molecule has 0 atom stereocenters. The van der Waals surface area contributed by atoms with Crippen molar-refractivity contribution in [1.29, 1.82) is 0 Å². The molecule has 1 rings (SSSR count). The van der Waals surface area contributed by atoms with Gasteiger partial charge in [0.2, 0.25) is 0 Å². The van der Waals surface area contributed by atoms with E-state index < -0.39 is 12.2 Å². The Kier molecular flexibility index (Phi) is 12.7. The lowest BCUT2D eigenvalue weighted by molar-refractivity contribution is 0.0726. The molecule has 0 bridgehead atoms. The van der Waals surface area contributed by atoms with Gasteiger partial charge in [0.25, 0.3) is 0 Å². The summed E-state index contributed by atoms with van der Waals surface area (Å²) in [4.78, 5) is 29.5. The fraction of sp³-hybridized carbons (Fsp3) is 0.562. The van der Waals surface area contributed by atoms with Gasteiger partial charge in [-0.3, -0.25) is 0 Å². The fourth-order valence-corrected chi connectivity index (χ4v) is 3.46. The first-order chi connectivity index (χ1) is 12.7. The van der Waals surface area contributed by atoms with Crippen molar-refractivity contribution in [3.05, 3.63) is 24.4 Å². The first-order valence-corrected chi connectivity index (χ1v) is 10.3. The van der Waals surface area contributed by atoms with Gasteiger partial charge in [0.15, 0.2) is 0 Å². The van der Waals surface area contributed by atoms with Gasteiger partial charge < -0.3 is 18.9 Å². The first kappa shape index (κ1) is 22.6. The molecule has 0 radical (unpaired) electrons. The number of hydrogen-bond donors (Lipinski definition) is 0. The van der Waals surface area contributed by atoms with Crippen LogP contribution in [0.15, 0.2) is 29.4 Å². The Labute approximate surface area is 161 Å². The Hall–Kier alpha value is -1.49. The minimum absolute atomic E-state index is 0.0768. The van der Waals surface area contributed by atoms with Crippen molar-refractivity contribution < 1.29 is 28.5 Å². The number of carbonyl (C=O) groups is 2. The Morgan fingerprint density at radius 2 is 1.62 bits per heavy atom. The van der Waals surface area contributed by atoms with Crippen LogP contribution in [0.3, 0.4) is 0 Å². The van der Waals surface area contributed by atoms with E-state index >= 15 is 0 Å². The van der Waals surface area contributed by atoms with Crippen molar-refractivity contribution >= 4 is 33.8 Å². The van der Waals surface area contributed by atoms with Gasteiger partial charge >= 0.3 is 12.2 Å². The summed E-state index contributed by atoms with van der Waals surface area (Å²) in [6.07, 6.45) is 1.29. The number of ether oxygens (including phenoxy) is 4. The maximum absolute atomic E-state index is 12.2. The lowest BCUT2D eigenvalue weighted by atomic mass is 10.5. The number of nitrogens with zero attached hydrogens (tertiary/aromatic N) is 2. The van der Waals surface area contributed by atoms with E-state index in [0.717, 1.165) is 9.93 Å². The lowest BCUT2D eigenvalue weighted by Gasteiger charge is -2.19. The molecule has 0 aliphatic heterocycles. The number of hydrogen-bond acceptors (Lipinski definition) is 9. The second kappa shape index (κ2) is 14.7. The molecule has 10 heteroatoms. The zero-order valence-electron chi connectivity index (χ0n) is 14.9. The molecule has 0 N–H and O–H groups in total. The number of carbonyl (C=O) groups excluding carboxylic acids is 2. The van der Waals surface area contributed by atoms with Crippen LogP contribution in [0.4, 0.5) is 9.59 Å². The fourth-order valence-electron chi connectivity index (χ4n) is 1.60. The maximum atomic E-state index is 12.2. The SMILES string of the molecule is COCCCOC(=O)N(CSSc1ccccn1)C(=O)OCCCOC. The van der Waals surface area contributed by atoms with E-state index in [4.69, 9.17) is 18.9 Å². The minimum Gasteiger partial charge on any atom is -0.449 e. The van der Waals surface area contributed by atoms with Crippen molar-refractivity contribution in [3.63, 3.8) is 0 Å². The third-order valence-electron chi connectivity index (χ3n) is 2.84. The second-order valence-electron chi connectivity index (χ2n) is 4.85. The summed E-state index contributed by atoms with van der Waals surface area (Å²) in [5, 5.41) is 0.777. The molecule has 0 aromatic carbocycles. The standard InChI is InChI=1S/C16H24N2O6S2/c1-21-9-5-11-23-15(19)18(16(20)24-12-6-10-22-2)13-25-26-14-7-3-4-8-17-14/h3-4,7-8H,5-6,9-13H2,1-2H3. The zero-order valence-corrected chi connectivity index (χ0v) is 16.6. The first-order valence-electron chi connectivity index (χ1n) is 7.98. The highest BCUT2D eigenvalue weighted by Crippen LogP contribution is 2.29. The summed E-state index contributed by atoms with van der Waals surface area (Å²) in [7, 11) is 5.78. The van der Waals surface area contributed by atoms with Gasteiger partial charge in [-0.15, -0.1) is 0 Å². The average Bonchev–Trinajstić information content (AvgIpc) is 2.66. The number of aromatic nitrogens is 1. The molecule has 0 unspecified atom stereocenters. The molecule has 146 valence electrons. The molecule has 1 aromatic rings. The molecule has 0 fully saturated rings. The van der Waals surface area contributed by atoms with E-state index in [1.165, 1.54) is 21.6 Å². The molecular formula is C16H24N2O6S2. The van der Waals surface area contributed by atoms with E-state index in [-0.39, 0.29) is 19.1 Å². The zero-order chi connectivity index (χ0) is 19.0. The quantitative estimate of drug-likeness (QED) is 0.295. The van der Waals surface area contributed by atoms with E-state index in [2.05, 4.69) is 4.98 Å². The Balaban J connectivity index is 2.49. The molecule has 26 heavy (non-hydrogen) atoms. The third-order valence-corrected chi connectivity index (χ3v) is 4.92. The largest absolute Gasteiger partial charge is 0.449 e. The monoisotopic (exact) mass is 404 g/mol. The van der Waals surface area contributed by atoms with Crippen LogP contribution in [-0.2, 0) is 18.9 Å². The molecule has 0 aliphatic carbocycles. The van der Waals surface area contributed by atoms with Crippen LogP contribution in [0.5, 0.6) is 0 Å². The topological polar surface area (TPSA) is 87.2 Å². The highest BCUT2D eigenvalue weighted by molar-refractivity contribution is 8.76. The van der Waals surface area contributed by atoms with Gasteiger partial charge in [-0.25, -0.2) is 19.5 Å². The summed E-state index contributed by atoms with van der Waals surface area (Å²) < 4.78 is 20.0. The molecule has 0 spiro atoms. The summed E-state index contributed by atoms with van der Waals surface area (Å²) in [5.74, 6) is 0.0768. The van der Waals surface area contributed by atoms with Crippen LogP contribution in [0.1, 0.15) is 12.8 Å². The van der Waals surface area contributed by atoms with Gasteiger partial charge in [0.05, 0.1) is 19.1 Å². The second-order valence-corrected chi connectivity index (χ2v) is 7.13. The van der Waals surface area contributed by atoms with Crippen molar-refractivity contribution in [3.8, 4) is 0 Å². The highest BCUT2D eigenvalue weighted by Gasteiger charge is 2.24. The van der Waals surface area contributed by atoms with Crippen molar-refractivity contribution in [2.24, 2.45) is 0 Å². The Morgan fingerprint density at radius 3 is 2.12 bits per heavy atom. The van der Waals surface area contributed by atoms with Crippen LogP contribution in [0.2, 0.25) is 0 Å². The molecule has 8 nitrogen and oxygen atoms in total. The molecule has 0 aliphatic rings.